The maximum Gasteiger partial charge on any atom is 0.307 e. The summed E-state index contributed by atoms with van der Waals surface area (Å²) >= 11 is 0. The predicted octanol–water partition coefficient (Wildman–Crippen LogP) is 10.3. The molecule has 1 atom stereocenters. The Morgan fingerprint density at radius 3 is 1.22 bits per heavy atom. The number of ether oxygens (including phenoxy) is 1. The Balaban J connectivity index is 3.70. The third-order valence-corrected chi connectivity index (χ3v) is 7.17. The van der Waals surface area contributed by atoms with Crippen molar-refractivity contribution in [3.63, 3.8) is 0 Å². The number of rotatable bonds is 27. The number of hydrogen-bond acceptors (Lipinski definition) is 3. The summed E-state index contributed by atoms with van der Waals surface area (Å²) in [5, 5.41) is 9.19. The normalized spacial score (nSPS) is 12.4. The lowest BCUT2D eigenvalue weighted by Gasteiger charge is -2.16. The van der Waals surface area contributed by atoms with Crippen molar-refractivity contribution in [3.8, 4) is 0 Å². The molecule has 0 aliphatic carbocycles. The van der Waals surface area contributed by atoms with Crippen molar-refractivity contribution >= 4 is 11.9 Å². The average molecular weight is 511 g/mol. The van der Waals surface area contributed by atoms with Crippen molar-refractivity contribution in [3.05, 3.63) is 0 Å². The molecular weight excluding hydrogens is 448 g/mol. The fourth-order valence-electron chi connectivity index (χ4n) is 4.86. The molecule has 4 heteroatoms. The highest BCUT2D eigenvalue weighted by Gasteiger charge is 2.17. The van der Waals surface area contributed by atoms with Gasteiger partial charge in [0.25, 0.3) is 0 Å². The molecule has 0 aromatic carbocycles. The topological polar surface area (TPSA) is 63.6 Å². The van der Waals surface area contributed by atoms with E-state index >= 15 is 0 Å². The van der Waals surface area contributed by atoms with Crippen molar-refractivity contribution in [1.82, 2.24) is 0 Å². The lowest BCUT2D eigenvalue weighted by molar-refractivity contribution is -0.153. The number of esters is 1. The van der Waals surface area contributed by atoms with Crippen LogP contribution >= 0.6 is 0 Å². The summed E-state index contributed by atoms with van der Waals surface area (Å²) in [6.45, 7) is 9.17. The van der Waals surface area contributed by atoms with E-state index in [1.165, 1.54) is 103 Å². The lowest BCUT2D eigenvalue weighted by atomic mass is 10.0. The van der Waals surface area contributed by atoms with Crippen LogP contribution in [0.1, 0.15) is 175 Å². The molecule has 0 aromatic rings. The molecule has 0 aromatic heterocycles. The monoisotopic (exact) mass is 510 g/mol. The molecule has 0 spiro atoms. The van der Waals surface area contributed by atoms with E-state index in [1.807, 2.05) is 0 Å². The van der Waals surface area contributed by atoms with Gasteiger partial charge in [-0.1, -0.05) is 143 Å². The minimum absolute atomic E-state index is 0.0702. The zero-order chi connectivity index (χ0) is 26.9. The van der Waals surface area contributed by atoms with Gasteiger partial charge in [-0.25, -0.2) is 0 Å². The van der Waals surface area contributed by atoms with Crippen LogP contribution in [-0.2, 0) is 14.3 Å². The zero-order valence-corrected chi connectivity index (χ0v) is 24.7. The second kappa shape index (κ2) is 25.6. The van der Waals surface area contributed by atoms with Gasteiger partial charge in [-0.05, 0) is 31.1 Å². The van der Waals surface area contributed by atoms with E-state index in [0.29, 0.717) is 12.8 Å². The summed E-state index contributed by atoms with van der Waals surface area (Å²) in [7, 11) is 0. The zero-order valence-electron chi connectivity index (χ0n) is 24.7. The van der Waals surface area contributed by atoms with E-state index < -0.39 is 12.1 Å². The minimum atomic E-state index is -0.880. The molecule has 0 saturated carbocycles. The third kappa shape index (κ3) is 27.5. The number of carboxylic acid groups (broad SMARTS) is 1. The van der Waals surface area contributed by atoms with Gasteiger partial charge in [0, 0.05) is 6.42 Å². The van der Waals surface area contributed by atoms with Gasteiger partial charge in [0.2, 0.25) is 0 Å². The number of unbranched alkanes of at least 4 members (excludes halogenated alkanes) is 16. The Kier molecular flexibility index (Phi) is 24.8. The van der Waals surface area contributed by atoms with Gasteiger partial charge in [-0.2, -0.15) is 0 Å². The first-order valence-electron chi connectivity index (χ1n) is 15.7. The van der Waals surface area contributed by atoms with E-state index in [-0.39, 0.29) is 12.4 Å². The van der Waals surface area contributed by atoms with Gasteiger partial charge >= 0.3 is 11.9 Å². The predicted molar refractivity (Wildman–Crippen MR) is 153 cm³/mol. The van der Waals surface area contributed by atoms with Crippen molar-refractivity contribution in [2.24, 2.45) is 11.8 Å². The van der Waals surface area contributed by atoms with Crippen LogP contribution in [-0.4, -0.2) is 23.1 Å². The number of carbonyl (C=O) groups excluding carboxylic acids is 1. The standard InChI is InChI=1S/C32H62O4/c1-28(2)23-19-15-11-7-5-9-13-17-21-25-30(27-31(33)34)36-32(35)26-22-18-14-10-6-8-12-16-20-24-29(3)4/h28-30H,5-27H2,1-4H3,(H,33,34)/t30-/m1/s1. The van der Waals surface area contributed by atoms with Gasteiger partial charge in [-0.15, -0.1) is 0 Å². The summed E-state index contributed by atoms with van der Waals surface area (Å²) in [4.78, 5) is 23.4. The molecule has 0 bridgehead atoms. The molecule has 0 heterocycles. The molecule has 0 radical (unpaired) electrons. The number of carbonyl (C=O) groups is 2. The Hall–Kier alpha value is -1.06. The second-order valence-electron chi connectivity index (χ2n) is 12.0. The highest BCUT2D eigenvalue weighted by Crippen LogP contribution is 2.17. The summed E-state index contributed by atoms with van der Waals surface area (Å²) < 4.78 is 5.54. The van der Waals surface area contributed by atoms with Crippen LogP contribution in [0.25, 0.3) is 0 Å². The molecule has 0 rings (SSSR count). The molecule has 36 heavy (non-hydrogen) atoms. The van der Waals surface area contributed by atoms with E-state index in [2.05, 4.69) is 27.7 Å². The van der Waals surface area contributed by atoms with Crippen LogP contribution in [0.15, 0.2) is 0 Å². The highest BCUT2D eigenvalue weighted by atomic mass is 16.5. The van der Waals surface area contributed by atoms with E-state index in [4.69, 9.17) is 4.74 Å². The molecule has 0 aliphatic rings. The van der Waals surface area contributed by atoms with Crippen molar-refractivity contribution < 1.29 is 19.4 Å². The Morgan fingerprint density at radius 1 is 0.528 bits per heavy atom. The van der Waals surface area contributed by atoms with E-state index in [1.54, 1.807) is 0 Å². The van der Waals surface area contributed by atoms with Crippen LogP contribution in [0.3, 0.4) is 0 Å². The molecule has 0 unspecified atom stereocenters. The van der Waals surface area contributed by atoms with Crippen LogP contribution in [0, 0.1) is 11.8 Å². The van der Waals surface area contributed by atoms with E-state index in [0.717, 1.165) is 37.5 Å². The third-order valence-electron chi connectivity index (χ3n) is 7.17. The Bertz CT molecular complexity index is 500. The van der Waals surface area contributed by atoms with Crippen molar-refractivity contribution in [2.45, 2.75) is 181 Å². The van der Waals surface area contributed by atoms with E-state index in [9.17, 15) is 14.7 Å². The molecule has 214 valence electrons. The smallest absolute Gasteiger partial charge is 0.307 e. The van der Waals surface area contributed by atoms with Gasteiger partial charge in [0.15, 0.2) is 0 Å². The maximum absolute atomic E-state index is 12.2. The first-order chi connectivity index (χ1) is 17.3. The molecule has 0 saturated heterocycles. The molecule has 0 fully saturated rings. The molecule has 1 N–H and O–H groups in total. The van der Waals surface area contributed by atoms with Crippen LogP contribution in [0.4, 0.5) is 0 Å². The first-order valence-corrected chi connectivity index (χ1v) is 15.7. The Labute approximate surface area is 224 Å². The van der Waals surface area contributed by atoms with Gasteiger partial charge < -0.3 is 9.84 Å². The van der Waals surface area contributed by atoms with Crippen LogP contribution in [0.5, 0.6) is 0 Å². The lowest BCUT2D eigenvalue weighted by Crippen LogP contribution is -2.21. The average Bonchev–Trinajstić information content (AvgIpc) is 2.80. The number of aliphatic carboxylic acids is 1. The number of hydrogen-bond donors (Lipinski definition) is 1. The molecule has 4 nitrogen and oxygen atoms in total. The van der Waals surface area contributed by atoms with Crippen molar-refractivity contribution in [1.29, 1.82) is 0 Å². The summed E-state index contributed by atoms with van der Waals surface area (Å²) in [5.41, 5.74) is 0. The van der Waals surface area contributed by atoms with Gasteiger partial charge in [0.1, 0.15) is 6.10 Å². The maximum atomic E-state index is 12.2. The van der Waals surface area contributed by atoms with Crippen LogP contribution < -0.4 is 0 Å². The van der Waals surface area contributed by atoms with Crippen LogP contribution in [0.2, 0.25) is 0 Å². The summed E-state index contributed by atoms with van der Waals surface area (Å²) in [5.74, 6) is 0.548. The number of carboxylic acids is 1. The molecule has 0 amide bonds. The fraction of sp³-hybridized carbons (Fsp3) is 0.938. The summed E-state index contributed by atoms with van der Waals surface area (Å²) in [6.07, 6.45) is 25.5. The highest BCUT2D eigenvalue weighted by molar-refractivity contribution is 5.71. The quantitative estimate of drug-likeness (QED) is 0.0881. The molecule has 0 aliphatic heterocycles. The largest absolute Gasteiger partial charge is 0.481 e. The molecular formula is C32H62O4. The van der Waals surface area contributed by atoms with Gasteiger partial charge in [0.05, 0.1) is 6.42 Å². The Morgan fingerprint density at radius 2 is 0.861 bits per heavy atom. The summed E-state index contributed by atoms with van der Waals surface area (Å²) in [6, 6.07) is 0. The second-order valence-corrected chi connectivity index (χ2v) is 12.0. The van der Waals surface area contributed by atoms with Crippen molar-refractivity contribution in [2.75, 3.05) is 0 Å². The SMILES string of the molecule is CC(C)CCCCCCCCCCCC(=O)O[C@H](CCCCCCCCCCCC(C)C)CC(=O)O. The van der Waals surface area contributed by atoms with Gasteiger partial charge in [-0.3, -0.25) is 9.59 Å². The fourth-order valence-corrected chi connectivity index (χ4v) is 4.86. The first kappa shape index (κ1) is 34.9. The minimum Gasteiger partial charge on any atom is -0.481 e.